The van der Waals surface area contributed by atoms with Gasteiger partial charge in [0.25, 0.3) is 0 Å². The Labute approximate surface area is 118 Å². The SMILES string of the molecule is CCC1(C(=O)O)CCN(c2ccc(C(N)=O)c(C)c2)C1. The molecular weight excluding hydrogens is 256 g/mol. The Kier molecular flexibility index (Phi) is 3.70. The van der Waals surface area contributed by atoms with E-state index in [-0.39, 0.29) is 0 Å². The lowest BCUT2D eigenvalue weighted by atomic mass is 9.84. The van der Waals surface area contributed by atoms with Gasteiger partial charge in [-0.25, -0.2) is 0 Å². The maximum absolute atomic E-state index is 11.5. The van der Waals surface area contributed by atoms with Gasteiger partial charge in [0.2, 0.25) is 5.91 Å². The van der Waals surface area contributed by atoms with E-state index in [4.69, 9.17) is 5.73 Å². The van der Waals surface area contributed by atoms with E-state index in [1.54, 1.807) is 6.07 Å². The number of carboxylic acids is 1. The molecule has 1 heterocycles. The molecule has 1 aromatic carbocycles. The van der Waals surface area contributed by atoms with Crippen molar-refractivity contribution in [2.24, 2.45) is 11.1 Å². The Bertz CT molecular complexity index is 556. The van der Waals surface area contributed by atoms with Crippen LogP contribution in [0.25, 0.3) is 0 Å². The molecule has 1 atom stereocenters. The highest BCUT2D eigenvalue weighted by Crippen LogP contribution is 2.37. The molecule has 1 aliphatic rings. The summed E-state index contributed by atoms with van der Waals surface area (Å²) >= 11 is 0. The number of anilines is 1. The molecule has 1 unspecified atom stereocenters. The van der Waals surface area contributed by atoms with E-state index in [1.165, 1.54) is 0 Å². The Morgan fingerprint density at radius 3 is 2.60 bits per heavy atom. The van der Waals surface area contributed by atoms with Crippen LogP contribution in [0.1, 0.15) is 35.7 Å². The van der Waals surface area contributed by atoms with Crippen LogP contribution in [0.4, 0.5) is 5.69 Å². The number of hydrogen-bond acceptors (Lipinski definition) is 3. The van der Waals surface area contributed by atoms with Gasteiger partial charge in [-0.15, -0.1) is 0 Å². The summed E-state index contributed by atoms with van der Waals surface area (Å²) in [6, 6.07) is 5.44. The van der Waals surface area contributed by atoms with Crippen LogP contribution in [0.5, 0.6) is 0 Å². The number of aliphatic carboxylic acids is 1. The van der Waals surface area contributed by atoms with E-state index in [0.717, 1.165) is 17.8 Å². The van der Waals surface area contributed by atoms with Gasteiger partial charge in [-0.3, -0.25) is 9.59 Å². The van der Waals surface area contributed by atoms with Crippen molar-refractivity contribution >= 4 is 17.6 Å². The average Bonchev–Trinajstić information content (AvgIpc) is 2.83. The summed E-state index contributed by atoms with van der Waals surface area (Å²) in [7, 11) is 0. The molecule has 1 amide bonds. The average molecular weight is 276 g/mol. The maximum Gasteiger partial charge on any atom is 0.311 e. The van der Waals surface area contributed by atoms with Gasteiger partial charge in [0.1, 0.15) is 0 Å². The normalized spacial score (nSPS) is 22.0. The number of carbonyl (C=O) groups is 2. The number of benzene rings is 1. The zero-order valence-corrected chi connectivity index (χ0v) is 11.8. The van der Waals surface area contributed by atoms with Crippen molar-refractivity contribution in [1.82, 2.24) is 0 Å². The number of nitrogens with two attached hydrogens (primary N) is 1. The molecule has 0 spiro atoms. The Balaban J connectivity index is 2.25. The Morgan fingerprint density at radius 2 is 2.15 bits per heavy atom. The molecule has 0 radical (unpaired) electrons. The van der Waals surface area contributed by atoms with E-state index < -0.39 is 17.3 Å². The predicted octanol–water partition coefficient (Wildman–Crippen LogP) is 1.79. The van der Waals surface area contributed by atoms with E-state index in [9.17, 15) is 14.7 Å². The van der Waals surface area contributed by atoms with Crippen LogP contribution >= 0.6 is 0 Å². The largest absolute Gasteiger partial charge is 0.481 e. The monoisotopic (exact) mass is 276 g/mol. The van der Waals surface area contributed by atoms with Gasteiger partial charge in [0.15, 0.2) is 0 Å². The number of primary amides is 1. The molecular formula is C15H20N2O3. The standard InChI is InChI=1S/C15H20N2O3/c1-3-15(14(19)20)6-7-17(9-15)11-4-5-12(13(16)18)10(2)8-11/h4-5,8H,3,6-7,9H2,1-2H3,(H2,16,18)(H,19,20). The number of carbonyl (C=O) groups excluding carboxylic acids is 1. The first-order valence-electron chi connectivity index (χ1n) is 6.78. The third kappa shape index (κ3) is 2.35. The quantitative estimate of drug-likeness (QED) is 0.878. The van der Waals surface area contributed by atoms with E-state index in [2.05, 4.69) is 4.90 Å². The Morgan fingerprint density at radius 1 is 1.45 bits per heavy atom. The van der Waals surface area contributed by atoms with Crippen molar-refractivity contribution < 1.29 is 14.7 Å². The molecule has 2 rings (SSSR count). The molecule has 108 valence electrons. The molecule has 1 aliphatic heterocycles. The van der Waals surface area contributed by atoms with Crippen LogP contribution in [0, 0.1) is 12.3 Å². The van der Waals surface area contributed by atoms with Gasteiger partial charge < -0.3 is 15.7 Å². The molecule has 0 aliphatic carbocycles. The highest BCUT2D eigenvalue weighted by atomic mass is 16.4. The number of amides is 1. The van der Waals surface area contributed by atoms with E-state index >= 15 is 0 Å². The van der Waals surface area contributed by atoms with Gasteiger partial charge in [-0.1, -0.05) is 6.92 Å². The molecule has 1 fully saturated rings. The first-order valence-corrected chi connectivity index (χ1v) is 6.78. The van der Waals surface area contributed by atoms with Gasteiger partial charge in [-0.05, 0) is 43.5 Å². The number of carboxylic acid groups (broad SMARTS) is 1. The van der Waals surface area contributed by atoms with Gasteiger partial charge in [0, 0.05) is 24.3 Å². The van der Waals surface area contributed by atoms with Crippen molar-refractivity contribution in [3.8, 4) is 0 Å². The second-order valence-corrected chi connectivity index (χ2v) is 5.47. The van der Waals surface area contributed by atoms with Crippen molar-refractivity contribution in [3.63, 3.8) is 0 Å². The molecule has 5 heteroatoms. The first-order chi connectivity index (χ1) is 9.39. The van der Waals surface area contributed by atoms with Crippen molar-refractivity contribution in [1.29, 1.82) is 0 Å². The summed E-state index contributed by atoms with van der Waals surface area (Å²) in [5.74, 6) is -1.17. The number of hydrogen-bond donors (Lipinski definition) is 2. The molecule has 3 N–H and O–H groups in total. The first kappa shape index (κ1) is 14.4. The summed E-state index contributed by atoms with van der Waals surface area (Å²) in [6.07, 6.45) is 1.27. The molecule has 1 aromatic rings. The van der Waals surface area contributed by atoms with Crippen LogP contribution < -0.4 is 10.6 Å². The summed E-state index contributed by atoms with van der Waals surface area (Å²) in [5, 5.41) is 9.41. The molecule has 0 bridgehead atoms. The van der Waals surface area contributed by atoms with Crippen LogP contribution in [-0.2, 0) is 4.79 Å². The maximum atomic E-state index is 11.5. The van der Waals surface area contributed by atoms with Crippen LogP contribution in [0.2, 0.25) is 0 Å². The zero-order chi connectivity index (χ0) is 14.9. The lowest BCUT2D eigenvalue weighted by Crippen LogP contribution is -2.34. The van der Waals surface area contributed by atoms with Crippen molar-refractivity contribution in [2.45, 2.75) is 26.7 Å². The fraction of sp³-hybridized carbons (Fsp3) is 0.467. The second kappa shape index (κ2) is 5.15. The summed E-state index contributed by atoms with van der Waals surface area (Å²) in [6.45, 7) is 4.98. The summed E-state index contributed by atoms with van der Waals surface area (Å²) < 4.78 is 0. The van der Waals surface area contributed by atoms with Crippen LogP contribution in [0.3, 0.4) is 0 Å². The minimum Gasteiger partial charge on any atom is -0.481 e. The third-order valence-electron chi connectivity index (χ3n) is 4.32. The van der Waals surface area contributed by atoms with E-state index in [0.29, 0.717) is 24.9 Å². The van der Waals surface area contributed by atoms with Crippen LogP contribution in [-0.4, -0.2) is 30.1 Å². The fourth-order valence-electron chi connectivity index (χ4n) is 2.83. The molecule has 0 aromatic heterocycles. The predicted molar refractivity (Wildman–Crippen MR) is 76.9 cm³/mol. The lowest BCUT2D eigenvalue weighted by molar-refractivity contribution is -0.147. The van der Waals surface area contributed by atoms with Crippen LogP contribution in [0.15, 0.2) is 18.2 Å². The molecule has 20 heavy (non-hydrogen) atoms. The zero-order valence-electron chi connectivity index (χ0n) is 11.8. The molecule has 0 saturated carbocycles. The Hall–Kier alpha value is -2.04. The second-order valence-electron chi connectivity index (χ2n) is 5.47. The molecule has 1 saturated heterocycles. The highest BCUT2D eigenvalue weighted by Gasteiger charge is 2.43. The topological polar surface area (TPSA) is 83.6 Å². The lowest BCUT2D eigenvalue weighted by Gasteiger charge is -2.24. The van der Waals surface area contributed by atoms with Gasteiger partial charge in [-0.2, -0.15) is 0 Å². The fourth-order valence-corrected chi connectivity index (χ4v) is 2.83. The smallest absolute Gasteiger partial charge is 0.311 e. The number of aryl methyl sites for hydroxylation is 1. The minimum atomic E-state index is -0.729. The molecule has 5 nitrogen and oxygen atoms in total. The summed E-state index contributed by atoms with van der Waals surface area (Å²) in [5.41, 5.74) is 6.91. The van der Waals surface area contributed by atoms with E-state index in [1.807, 2.05) is 26.0 Å². The number of rotatable bonds is 4. The van der Waals surface area contributed by atoms with Gasteiger partial charge >= 0.3 is 5.97 Å². The highest BCUT2D eigenvalue weighted by molar-refractivity contribution is 5.94. The van der Waals surface area contributed by atoms with Crippen molar-refractivity contribution in [3.05, 3.63) is 29.3 Å². The third-order valence-corrected chi connectivity index (χ3v) is 4.32. The van der Waals surface area contributed by atoms with Crippen molar-refractivity contribution in [2.75, 3.05) is 18.0 Å². The summed E-state index contributed by atoms with van der Waals surface area (Å²) in [4.78, 5) is 24.7. The number of nitrogens with zero attached hydrogens (tertiary/aromatic N) is 1. The minimum absolute atomic E-state index is 0.441. The van der Waals surface area contributed by atoms with Gasteiger partial charge in [0.05, 0.1) is 5.41 Å².